The van der Waals surface area contributed by atoms with E-state index in [0.29, 0.717) is 11.5 Å². The van der Waals surface area contributed by atoms with Crippen LogP contribution >= 0.6 is 27.3 Å². The molecule has 1 N–H and O–H groups in total. The zero-order valence-electron chi connectivity index (χ0n) is 11.3. The van der Waals surface area contributed by atoms with Crippen molar-refractivity contribution < 1.29 is 0 Å². The Morgan fingerprint density at radius 1 is 1.47 bits per heavy atom. The molecule has 1 rings (SSSR count). The molecule has 17 heavy (non-hydrogen) atoms. The van der Waals surface area contributed by atoms with Crippen LogP contribution < -0.4 is 5.32 Å². The van der Waals surface area contributed by atoms with Gasteiger partial charge < -0.3 is 5.32 Å². The van der Waals surface area contributed by atoms with Gasteiger partial charge in [-0.3, -0.25) is 0 Å². The van der Waals surface area contributed by atoms with E-state index >= 15 is 0 Å². The Kier molecular flexibility index (Phi) is 6.18. The third-order valence-corrected chi connectivity index (χ3v) is 5.00. The summed E-state index contributed by atoms with van der Waals surface area (Å²) in [4.78, 5) is 1.48. The molecule has 0 aromatic carbocycles. The van der Waals surface area contributed by atoms with Gasteiger partial charge in [-0.25, -0.2) is 0 Å². The molecule has 1 aromatic rings. The Bertz CT molecular complexity index is 335. The van der Waals surface area contributed by atoms with Crippen LogP contribution in [-0.4, -0.2) is 12.6 Å². The smallest absolute Gasteiger partial charge is 0.0314 e. The maximum atomic E-state index is 3.64. The monoisotopic (exact) mass is 317 g/mol. The van der Waals surface area contributed by atoms with Crippen LogP contribution in [-0.2, 0) is 6.42 Å². The lowest BCUT2D eigenvalue weighted by Gasteiger charge is -2.30. The van der Waals surface area contributed by atoms with Crippen molar-refractivity contribution in [2.45, 2.75) is 53.0 Å². The Labute approximate surface area is 118 Å². The summed E-state index contributed by atoms with van der Waals surface area (Å²) >= 11 is 5.50. The highest BCUT2D eigenvalue weighted by Gasteiger charge is 2.25. The Balaban J connectivity index is 2.67. The van der Waals surface area contributed by atoms with E-state index < -0.39 is 0 Å². The normalized spacial score (nSPS) is 15.2. The first kappa shape index (κ1) is 15.2. The fourth-order valence-corrected chi connectivity index (χ4v) is 3.84. The average Bonchev–Trinajstić information content (AvgIpc) is 2.62. The summed E-state index contributed by atoms with van der Waals surface area (Å²) in [6.07, 6.45) is 3.69. The molecule has 0 radical (unpaired) electrons. The summed E-state index contributed by atoms with van der Waals surface area (Å²) in [5.74, 6) is 0. The molecule has 0 fully saturated rings. The molecule has 1 aromatic heterocycles. The van der Waals surface area contributed by atoms with E-state index in [1.54, 1.807) is 0 Å². The molecule has 0 saturated carbocycles. The second kappa shape index (κ2) is 6.91. The fraction of sp³-hybridized carbons (Fsp3) is 0.714. The molecule has 0 aliphatic rings. The number of hydrogen-bond donors (Lipinski definition) is 1. The minimum atomic E-state index is 0.367. The van der Waals surface area contributed by atoms with E-state index in [1.807, 2.05) is 11.3 Å². The molecule has 1 heterocycles. The van der Waals surface area contributed by atoms with Crippen molar-refractivity contribution in [3.8, 4) is 0 Å². The minimum absolute atomic E-state index is 0.367. The summed E-state index contributed by atoms with van der Waals surface area (Å²) in [6.45, 7) is 10.2. The third kappa shape index (κ3) is 5.11. The standard InChI is InChI=1S/C14H24BrNS/c1-5-7-14(4,10-16-11(2)3)9-13-12(15)6-8-17-13/h6,8,11,16H,5,7,9-10H2,1-4H3. The second-order valence-electron chi connectivity index (χ2n) is 5.46. The number of thiophene rings is 1. The number of halogens is 1. The van der Waals surface area contributed by atoms with E-state index in [9.17, 15) is 0 Å². The van der Waals surface area contributed by atoms with Crippen LogP contribution in [0.15, 0.2) is 15.9 Å². The van der Waals surface area contributed by atoms with Gasteiger partial charge in [0.05, 0.1) is 0 Å². The van der Waals surface area contributed by atoms with Gasteiger partial charge >= 0.3 is 0 Å². The van der Waals surface area contributed by atoms with E-state index in [2.05, 4.69) is 60.4 Å². The molecular formula is C14H24BrNS. The number of rotatable bonds is 7. The van der Waals surface area contributed by atoms with Crippen LogP contribution in [0.5, 0.6) is 0 Å². The molecule has 0 aliphatic heterocycles. The van der Waals surface area contributed by atoms with Gasteiger partial charge in [0.25, 0.3) is 0 Å². The van der Waals surface area contributed by atoms with Gasteiger partial charge in [0.1, 0.15) is 0 Å². The molecule has 0 amide bonds. The number of hydrogen-bond acceptors (Lipinski definition) is 2. The summed E-state index contributed by atoms with van der Waals surface area (Å²) in [7, 11) is 0. The molecule has 0 saturated heterocycles. The van der Waals surface area contributed by atoms with Crippen molar-refractivity contribution in [2.75, 3.05) is 6.54 Å². The molecule has 1 unspecified atom stereocenters. The van der Waals surface area contributed by atoms with Crippen LogP contribution in [0.4, 0.5) is 0 Å². The van der Waals surface area contributed by atoms with E-state index in [1.165, 1.54) is 28.6 Å². The summed E-state index contributed by atoms with van der Waals surface area (Å²) in [5.41, 5.74) is 0.367. The molecule has 0 spiro atoms. The SMILES string of the molecule is CCCC(C)(CNC(C)C)Cc1sccc1Br. The van der Waals surface area contributed by atoms with Crippen molar-refractivity contribution in [3.63, 3.8) is 0 Å². The van der Waals surface area contributed by atoms with Crippen molar-refractivity contribution in [1.29, 1.82) is 0 Å². The molecular weight excluding hydrogens is 294 g/mol. The number of nitrogens with one attached hydrogen (secondary N) is 1. The average molecular weight is 318 g/mol. The van der Waals surface area contributed by atoms with Crippen LogP contribution in [0.25, 0.3) is 0 Å². The minimum Gasteiger partial charge on any atom is -0.314 e. The quantitative estimate of drug-likeness (QED) is 0.757. The second-order valence-corrected chi connectivity index (χ2v) is 7.32. The van der Waals surface area contributed by atoms with Gasteiger partial charge in [0.15, 0.2) is 0 Å². The summed E-state index contributed by atoms with van der Waals surface area (Å²) in [6, 6.07) is 2.72. The fourth-order valence-electron chi connectivity index (χ4n) is 2.13. The Morgan fingerprint density at radius 3 is 2.65 bits per heavy atom. The summed E-state index contributed by atoms with van der Waals surface area (Å²) in [5, 5.41) is 5.76. The first-order chi connectivity index (χ1) is 7.97. The predicted octanol–water partition coefficient (Wildman–Crippen LogP) is 4.86. The Hall–Kier alpha value is 0.140. The van der Waals surface area contributed by atoms with Gasteiger partial charge in [-0.1, -0.05) is 34.1 Å². The largest absolute Gasteiger partial charge is 0.314 e. The Morgan fingerprint density at radius 2 is 2.18 bits per heavy atom. The van der Waals surface area contributed by atoms with E-state index in [4.69, 9.17) is 0 Å². The van der Waals surface area contributed by atoms with Crippen molar-refractivity contribution in [2.24, 2.45) is 5.41 Å². The van der Waals surface area contributed by atoms with E-state index in [0.717, 1.165) is 6.54 Å². The van der Waals surface area contributed by atoms with Crippen LogP contribution in [0.1, 0.15) is 45.4 Å². The van der Waals surface area contributed by atoms with Gasteiger partial charge in [-0.15, -0.1) is 11.3 Å². The van der Waals surface area contributed by atoms with E-state index in [-0.39, 0.29) is 0 Å². The lowest BCUT2D eigenvalue weighted by atomic mass is 9.81. The van der Waals surface area contributed by atoms with Gasteiger partial charge in [-0.2, -0.15) is 0 Å². The molecule has 3 heteroatoms. The molecule has 0 aliphatic carbocycles. The van der Waals surface area contributed by atoms with Crippen molar-refractivity contribution >= 4 is 27.3 Å². The molecule has 1 atom stereocenters. The zero-order chi connectivity index (χ0) is 12.9. The highest BCUT2D eigenvalue weighted by molar-refractivity contribution is 9.10. The third-order valence-electron chi connectivity index (χ3n) is 3.07. The lowest BCUT2D eigenvalue weighted by Crippen LogP contribution is -2.37. The highest BCUT2D eigenvalue weighted by Crippen LogP contribution is 2.33. The zero-order valence-corrected chi connectivity index (χ0v) is 13.7. The van der Waals surface area contributed by atoms with Crippen molar-refractivity contribution in [1.82, 2.24) is 5.32 Å². The van der Waals surface area contributed by atoms with Gasteiger partial charge in [0, 0.05) is 21.9 Å². The first-order valence-electron chi connectivity index (χ1n) is 6.42. The highest BCUT2D eigenvalue weighted by atomic mass is 79.9. The topological polar surface area (TPSA) is 12.0 Å². The lowest BCUT2D eigenvalue weighted by molar-refractivity contribution is 0.268. The van der Waals surface area contributed by atoms with Gasteiger partial charge in [-0.05, 0) is 45.6 Å². The van der Waals surface area contributed by atoms with Crippen LogP contribution in [0, 0.1) is 5.41 Å². The maximum Gasteiger partial charge on any atom is 0.0314 e. The van der Waals surface area contributed by atoms with Crippen LogP contribution in [0.2, 0.25) is 0 Å². The first-order valence-corrected chi connectivity index (χ1v) is 8.09. The molecule has 98 valence electrons. The van der Waals surface area contributed by atoms with Gasteiger partial charge in [0.2, 0.25) is 0 Å². The predicted molar refractivity (Wildman–Crippen MR) is 81.9 cm³/mol. The molecule has 1 nitrogen and oxygen atoms in total. The van der Waals surface area contributed by atoms with Crippen LogP contribution in [0.3, 0.4) is 0 Å². The summed E-state index contributed by atoms with van der Waals surface area (Å²) < 4.78 is 1.27. The maximum absolute atomic E-state index is 3.64. The van der Waals surface area contributed by atoms with Crippen molar-refractivity contribution in [3.05, 3.63) is 20.8 Å². The molecule has 0 bridgehead atoms.